The van der Waals surface area contributed by atoms with Gasteiger partial charge < -0.3 is 21.3 Å². The highest BCUT2D eigenvalue weighted by atomic mass is 32.1. The van der Waals surface area contributed by atoms with Crippen LogP contribution in [0, 0.1) is 11.3 Å². The van der Waals surface area contributed by atoms with E-state index in [1.807, 2.05) is 23.6 Å². The number of hydrogen-bond acceptors (Lipinski definition) is 7. The van der Waals surface area contributed by atoms with Crippen LogP contribution in [0.5, 0.6) is 0 Å². The van der Waals surface area contributed by atoms with Crippen LogP contribution in [0.4, 0.5) is 5.13 Å². The van der Waals surface area contributed by atoms with Crippen molar-refractivity contribution in [2.75, 3.05) is 24.5 Å². The first-order valence-electron chi connectivity index (χ1n) is 11.0. The van der Waals surface area contributed by atoms with Crippen LogP contribution in [0.15, 0.2) is 29.6 Å². The van der Waals surface area contributed by atoms with Gasteiger partial charge in [-0.1, -0.05) is 31.4 Å². The summed E-state index contributed by atoms with van der Waals surface area (Å²) in [5.41, 5.74) is 7.35. The standard InChI is InChI=1S/C23H28N6O2S/c24-11-12-26-21(31)23(9-2-1-3-10-23)28-20(30)17-6-4-16(5-7-17)19-15-32-22(27-19)29-13-8-18(25)14-29/h4-7,15,18H,1-3,8-10,12-14,25H2,(H,26,31)(H,28,30). The summed E-state index contributed by atoms with van der Waals surface area (Å²) in [7, 11) is 0. The number of nitrogens with zero attached hydrogens (tertiary/aromatic N) is 3. The molecule has 2 heterocycles. The van der Waals surface area contributed by atoms with Crippen LogP contribution in [-0.4, -0.2) is 48.0 Å². The molecule has 1 aromatic carbocycles. The summed E-state index contributed by atoms with van der Waals surface area (Å²) in [5, 5.41) is 17.4. The number of nitrogens with two attached hydrogens (primary N) is 1. The fourth-order valence-electron chi connectivity index (χ4n) is 4.44. The van der Waals surface area contributed by atoms with E-state index < -0.39 is 5.54 Å². The first kappa shape index (κ1) is 22.2. The maximum Gasteiger partial charge on any atom is 0.252 e. The molecule has 1 aromatic heterocycles. The van der Waals surface area contributed by atoms with E-state index >= 15 is 0 Å². The molecule has 4 rings (SSSR count). The fourth-order valence-corrected chi connectivity index (χ4v) is 5.31. The predicted octanol–water partition coefficient (Wildman–Crippen LogP) is 2.42. The average Bonchev–Trinajstić information content (AvgIpc) is 3.47. The van der Waals surface area contributed by atoms with Crippen LogP contribution in [-0.2, 0) is 4.79 Å². The van der Waals surface area contributed by atoms with Gasteiger partial charge in [-0.2, -0.15) is 5.26 Å². The number of anilines is 1. The van der Waals surface area contributed by atoms with Crippen molar-refractivity contribution < 1.29 is 9.59 Å². The zero-order valence-corrected chi connectivity index (χ0v) is 18.8. The largest absolute Gasteiger partial charge is 0.346 e. The number of benzene rings is 1. The molecule has 1 atom stereocenters. The van der Waals surface area contributed by atoms with Gasteiger partial charge >= 0.3 is 0 Å². The highest BCUT2D eigenvalue weighted by molar-refractivity contribution is 7.14. The number of carbonyl (C=O) groups excluding carboxylic acids is 2. The molecular formula is C23H28N6O2S. The van der Waals surface area contributed by atoms with E-state index in [9.17, 15) is 9.59 Å². The summed E-state index contributed by atoms with van der Waals surface area (Å²) in [5.74, 6) is -0.559. The molecular weight excluding hydrogens is 424 g/mol. The minimum atomic E-state index is -0.953. The Labute approximate surface area is 191 Å². The highest BCUT2D eigenvalue weighted by Crippen LogP contribution is 2.31. The number of nitrogens with one attached hydrogen (secondary N) is 2. The summed E-state index contributed by atoms with van der Waals surface area (Å²) >= 11 is 1.60. The Balaban J connectivity index is 1.45. The summed E-state index contributed by atoms with van der Waals surface area (Å²) in [6, 6.07) is 9.42. The monoisotopic (exact) mass is 452 g/mol. The molecule has 0 bridgehead atoms. The summed E-state index contributed by atoms with van der Waals surface area (Å²) < 4.78 is 0. The molecule has 1 saturated carbocycles. The lowest BCUT2D eigenvalue weighted by Crippen LogP contribution is -2.59. The molecule has 168 valence electrons. The zero-order chi connectivity index (χ0) is 22.6. The van der Waals surface area contributed by atoms with Gasteiger partial charge in [0.25, 0.3) is 5.91 Å². The third-order valence-corrected chi connectivity index (χ3v) is 7.15. The average molecular weight is 453 g/mol. The number of carbonyl (C=O) groups is 2. The SMILES string of the molecule is N#CCNC(=O)C1(NC(=O)c2ccc(-c3csc(N4CCC(N)C4)n3)cc2)CCCCC1. The molecule has 2 aliphatic rings. The van der Waals surface area contributed by atoms with E-state index in [1.165, 1.54) is 0 Å². The van der Waals surface area contributed by atoms with Gasteiger partial charge in [0.15, 0.2) is 5.13 Å². The quantitative estimate of drug-likeness (QED) is 0.578. The lowest BCUT2D eigenvalue weighted by atomic mass is 9.80. The third-order valence-electron chi connectivity index (χ3n) is 6.25. The number of aromatic nitrogens is 1. The van der Waals surface area contributed by atoms with Gasteiger partial charge in [-0.25, -0.2) is 4.98 Å². The van der Waals surface area contributed by atoms with E-state index in [0.29, 0.717) is 18.4 Å². The van der Waals surface area contributed by atoms with Crippen molar-refractivity contribution in [1.29, 1.82) is 5.26 Å². The molecule has 0 spiro atoms. The predicted molar refractivity (Wildman–Crippen MR) is 124 cm³/mol. The van der Waals surface area contributed by atoms with Crippen LogP contribution >= 0.6 is 11.3 Å². The van der Waals surface area contributed by atoms with Crippen LogP contribution in [0.25, 0.3) is 11.3 Å². The third kappa shape index (κ3) is 4.76. The Morgan fingerprint density at radius 1 is 1.25 bits per heavy atom. The highest BCUT2D eigenvalue weighted by Gasteiger charge is 2.40. The van der Waals surface area contributed by atoms with Crippen molar-refractivity contribution in [3.63, 3.8) is 0 Å². The molecule has 2 amide bonds. The van der Waals surface area contributed by atoms with Gasteiger partial charge in [-0.05, 0) is 31.4 Å². The molecule has 1 aliphatic heterocycles. The van der Waals surface area contributed by atoms with Crippen molar-refractivity contribution >= 4 is 28.3 Å². The Kier molecular flexibility index (Phi) is 6.72. The summed E-state index contributed by atoms with van der Waals surface area (Å²) in [6.07, 6.45) is 4.91. The van der Waals surface area contributed by atoms with Gasteiger partial charge in [0, 0.05) is 35.6 Å². The Hall–Kier alpha value is -2.96. The normalized spacial score (nSPS) is 19.9. The molecule has 2 aromatic rings. The second-order valence-electron chi connectivity index (χ2n) is 8.53. The van der Waals surface area contributed by atoms with E-state index in [0.717, 1.165) is 55.2 Å². The van der Waals surface area contributed by atoms with Crippen molar-refractivity contribution in [2.45, 2.75) is 50.1 Å². The summed E-state index contributed by atoms with van der Waals surface area (Å²) in [6.45, 7) is 1.69. The van der Waals surface area contributed by atoms with Crippen molar-refractivity contribution in [3.8, 4) is 17.3 Å². The zero-order valence-electron chi connectivity index (χ0n) is 18.0. The molecule has 8 nitrogen and oxygen atoms in total. The number of thiazole rings is 1. The molecule has 0 radical (unpaired) electrons. The van der Waals surface area contributed by atoms with Crippen molar-refractivity contribution in [1.82, 2.24) is 15.6 Å². The van der Waals surface area contributed by atoms with Crippen molar-refractivity contribution in [3.05, 3.63) is 35.2 Å². The Bertz CT molecular complexity index is 1010. The van der Waals surface area contributed by atoms with Crippen LogP contribution in [0.3, 0.4) is 0 Å². The fraction of sp³-hybridized carbons (Fsp3) is 0.478. The van der Waals surface area contributed by atoms with Gasteiger partial charge in [0.2, 0.25) is 5.91 Å². The lowest BCUT2D eigenvalue weighted by Gasteiger charge is -2.36. The number of nitriles is 1. The van der Waals surface area contributed by atoms with E-state index in [1.54, 1.807) is 23.5 Å². The minimum absolute atomic E-state index is 0.0653. The molecule has 4 N–H and O–H groups in total. The van der Waals surface area contributed by atoms with Gasteiger partial charge in [-0.15, -0.1) is 11.3 Å². The number of hydrogen-bond donors (Lipinski definition) is 3. The molecule has 1 unspecified atom stereocenters. The first-order valence-corrected chi connectivity index (χ1v) is 11.9. The van der Waals surface area contributed by atoms with Gasteiger partial charge in [0.1, 0.15) is 12.1 Å². The van der Waals surface area contributed by atoms with E-state index in [-0.39, 0.29) is 24.4 Å². The first-order chi connectivity index (χ1) is 15.5. The van der Waals surface area contributed by atoms with E-state index in [4.69, 9.17) is 16.0 Å². The molecule has 1 saturated heterocycles. The molecule has 9 heteroatoms. The Morgan fingerprint density at radius 3 is 2.66 bits per heavy atom. The smallest absolute Gasteiger partial charge is 0.252 e. The topological polar surface area (TPSA) is 124 Å². The molecule has 2 fully saturated rings. The second-order valence-corrected chi connectivity index (χ2v) is 9.36. The number of amides is 2. The second kappa shape index (κ2) is 9.67. The van der Waals surface area contributed by atoms with Gasteiger partial charge in [0.05, 0.1) is 11.8 Å². The van der Waals surface area contributed by atoms with Crippen LogP contribution in [0.1, 0.15) is 48.9 Å². The lowest BCUT2D eigenvalue weighted by molar-refractivity contribution is -0.128. The van der Waals surface area contributed by atoms with Crippen LogP contribution in [0.2, 0.25) is 0 Å². The molecule has 32 heavy (non-hydrogen) atoms. The number of rotatable bonds is 6. The van der Waals surface area contributed by atoms with Crippen LogP contribution < -0.4 is 21.3 Å². The minimum Gasteiger partial charge on any atom is -0.346 e. The van der Waals surface area contributed by atoms with E-state index in [2.05, 4.69) is 15.5 Å². The maximum atomic E-state index is 13.0. The Morgan fingerprint density at radius 2 is 2.00 bits per heavy atom. The maximum absolute atomic E-state index is 13.0. The van der Waals surface area contributed by atoms with Crippen molar-refractivity contribution in [2.24, 2.45) is 5.73 Å². The molecule has 1 aliphatic carbocycles. The van der Waals surface area contributed by atoms with Gasteiger partial charge in [-0.3, -0.25) is 9.59 Å². The summed E-state index contributed by atoms with van der Waals surface area (Å²) in [4.78, 5) is 32.6.